The lowest BCUT2D eigenvalue weighted by molar-refractivity contribution is 0.149. The Kier molecular flexibility index (Phi) is 10.7. The van der Waals surface area contributed by atoms with E-state index in [1.165, 1.54) is 25.7 Å². The summed E-state index contributed by atoms with van der Waals surface area (Å²) < 4.78 is 21.2. The van der Waals surface area contributed by atoms with Crippen molar-refractivity contribution < 1.29 is 23.6 Å². The van der Waals surface area contributed by atoms with Crippen LogP contribution in [0.4, 0.5) is 0 Å². The third kappa shape index (κ3) is 11.2. The molecule has 152 valence electrons. The highest BCUT2D eigenvalue weighted by Crippen LogP contribution is 2.37. The van der Waals surface area contributed by atoms with Crippen LogP contribution < -0.4 is 10.5 Å². The normalized spacial score (nSPS) is 13.7. The van der Waals surface area contributed by atoms with Crippen LogP contribution in [0.25, 0.3) is 0 Å². The molecule has 0 heterocycles. The van der Waals surface area contributed by atoms with E-state index in [2.05, 4.69) is 17.4 Å². The predicted molar refractivity (Wildman–Crippen MR) is 107 cm³/mol. The molecule has 0 radical (unpaired) electrons. The maximum absolute atomic E-state index is 10.9. The van der Waals surface area contributed by atoms with Gasteiger partial charge in [0.25, 0.3) is 0 Å². The maximum atomic E-state index is 10.9. The molecule has 7 heteroatoms. The van der Waals surface area contributed by atoms with E-state index in [1.54, 1.807) is 0 Å². The van der Waals surface area contributed by atoms with Gasteiger partial charge in [0.15, 0.2) is 0 Å². The van der Waals surface area contributed by atoms with E-state index in [9.17, 15) is 4.57 Å². The zero-order chi connectivity index (χ0) is 20.2. The molecular formula is C20H32NO5P. The van der Waals surface area contributed by atoms with Crippen molar-refractivity contribution in [2.75, 3.05) is 13.2 Å². The third-order valence-electron chi connectivity index (χ3n) is 4.33. The molecule has 0 saturated carbocycles. The van der Waals surface area contributed by atoms with Gasteiger partial charge in [-0.2, -0.15) is 0 Å². The summed E-state index contributed by atoms with van der Waals surface area (Å²) in [5, 5.41) is 0. The molecule has 0 aliphatic rings. The van der Waals surface area contributed by atoms with Gasteiger partial charge in [-0.15, -0.1) is 12.3 Å². The van der Waals surface area contributed by atoms with Crippen molar-refractivity contribution in [3.63, 3.8) is 0 Å². The summed E-state index contributed by atoms with van der Waals surface area (Å²) >= 11 is 0. The van der Waals surface area contributed by atoms with Gasteiger partial charge in [-0.3, -0.25) is 4.52 Å². The second-order valence-electron chi connectivity index (χ2n) is 6.91. The van der Waals surface area contributed by atoms with Crippen LogP contribution in [-0.2, 0) is 15.5 Å². The Labute approximate surface area is 162 Å². The van der Waals surface area contributed by atoms with Crippen LogP contribution >= 0.6 is 7.82 Å². The molecule has 0 amide bonds. The number of phosphoric acid groups is 1. The van der Waals surface area contributed by atoms with Crippen molar-refractivity contribution >= 4 is 7.82 Å². The lowest BCUT2D eigenvalue weighted by atomic mass is 9.90. The quantitative estimate of drug-likeness (QED) is 0.251. The number of benzene rings is 1. The molecular weight excluding hydrogens is 365 g/mol. The van der Waals surface area contributed by atoms with E-state index in [4.69, 9.17) is 26.7 Å². The number of terminal acetylenes is 1. The second kappa shape index (κ2) is 12.2. The monoisotopic (exact) mass is 397 g/mol. The molecule has 0 aliphatic carbocycles. The summed E-state index contributed by atoms with van der Waals surface area (Å²) in [7, 11) is -4.57. The van der Waals surface area contributed by atoms with Crippen LogP contribution in [0.15, 0.2) is 24.3 Å². The first kappa shape index (κ1) is 23.7. The smallest absolute Gasteiger partial charge is 0.469 e. The molecule has 0 bridgehead atoms. The highest BCUT2D eigenvalue weighted by atomic mass is 31.2. The molecule has 0 fully saturated rings. The summed E-state index contributed by atoms with van der Waals surface area (Å²) in [4.78, 5) is 17.7. The van der Waals surface area contributed by atoms with E-state index >= 15 is 0 Å². The van der Waals surface area contributed by atoms with Crippen LogP contribution in [0.2, 0.25) is 0 Å². The van der Waals surface area contributed by atoms with Gasteiger partial charge in [-0.25, -0.2) is 4.57 Å². The van der Waals surface area contributed by atoms with Crippen molar-refractivity contribution in [2.45, 2.75) is 63.8 Å². The minimum absolute atomic E-state index is 0.173. The van der Waals surface area contributed by atoms with E-state index in [0.29, 0.717) is 12.8 Å². The van der Waals surface area contributed by atoms with Crippen LogP contribution in [0, 0.1) is 12.3 Å². The highest BCUT2D eigenvalue weighted by molar-refractivity contribution is 7.46. The number of nitrogens with two attached hydrogens (primary N) is 1. The van der Waals surface area contributed by atoms with Crippen LogP contribution in [0.3, 0.4) is 0 Å². The van der Waals surface area contributed by atoms with Crippen molar-refractivity contribution in [2.24, 2.45) is 5.73 Å². The first-order chi connectivity index (χ1) is 12.8. The Hall–Kier alpha value is -1.35. The van der Waals surface area contributed by atoms with Gasteiger partial charge in [-0.05, 0) is 37.0 Å². The minimum atomic E-state index is -4.57. The molecule has 4 N–H and O–H groups in total. The number of unbranched alkanes of at least 4 members (excludes halogenated alkanes) is 4. The molecule has 1 aromatic carbocycles. The number of phosphoric ester groups is 1. The molecule has 0 aliphatic heterocycles. The van der Waals surface area contributed by atoms with Crippen molar-refractivity contribution in [1.29, 1.82) is 0 Å². The minimum Gasteiger partial charge on any atom is -0.494 e. The van der Waals surface area contributed by atoms with E-state index in [0.717, 1.165) is 24.3 Å². The number of rotatable bonds is 14. The average molecular weight is 397 g/mol. The summed E-state index contributed by atoms with van der Waals surface area (Å²) in [6.07, 6.45) is 12.6. The zero-order valence-corrected chi connectivity index (χ0v) is 17.0. The number of ether oxygens (including phenoxy) is 1. The predicted octanol–water partition coefficient (Wildman–Crippen LogP) is 3.80. The molecule has 1 atom stereocenters. The van der Waals surface area contributed by atoms with Gasteiger partial charge < -0.3 is 20.3 Å². The fraction of sp³-hybridized carbons (Fsp3) is 0.600. The zero-order valence-electron chi connectivity index (χ0n) is 16.1. The lowest BCUT2D eigenvalue weighted by Gasteiger charge is -2.27. The third-order valence-corrected chi connectivity index (χ3v) is 4.79. The van der Waals surface area contributed by atoms with Crippen LogP contribution in [0.1, 0.15) is 57.4 Å². The van der Waals surface area contributed by atoms with Gasteiger partial charge in [0.05, 0.1) is 18.8 Å². The van der Waals surface area contributed by atoms with Crippen LogP contribution in [0.5, 0.6) is 5.75 Å². The Morgan fingerprint density at radius 1 is 1.19 bits per heavy atom. The van der Waals surface area contributed by atoms with Gasteiger partial charge in [0.2, 0.25) is 0 Å². The van der Waals surface area contributed by atoms with Gasteiger partial charge in [-0.1, -0.05) is 44.7 Å². The van der Waals surface area contributed by atoms with Crippen molar-refractivity contribution in [3.05, 3.63) is 29.8 Å². The average Bonchev–Trinajstić information content (AvgIpc) is 2.62. The molecule has 1 aromatic rings. The molecule has 0 aromatic heterocycles. The fourth-order valence-corrected chi connectivity index (χ4v) is 3.09. The molecule has 0 spiro atoms. The van der Waals surface area contributed by atoms with Gasteiger partial charge in [0.1, 0.15) is 5.75 Å². The van der Waals surface area contributed by atoms with Crippen molar-refractivity contribution in [3.8, 4) is 18.1 Å². The Morgan fingerprint density at radius 3 is 2.44 bits per heavy atom. The number of hydrogen-bond acceptors (Lipinski definition) is 4. The first-order valence-electron chi connectivity index (χ1n) is 9.42. The fourth-order valence-electron chi connectivity index (χ4n) is 2.67. The number of aryl methyl sites for hydroxylation is 1. The maximum Gasteiger partial charge on any atom is 0.469 e. The van der Waals surface area contributed by atoms with Crippen LogP contribution in [-0.4, -0.2) is 28.5 Å². The summed E-state index contributed by atoms with van der Waals surface area (Å²) in [5.41, 5.74) is 6.24. The lowest BCUT2D eigenvalue weighted by Crippen LogP contribution is -2.44. The van der Waals surface area contributed by atoms with E-state index in [-0.39, 0.29) is 13.0 Å². The molecule has 6 nitrogen and oxygen atoms in total. The Bertz CT molecular complexity index is 622. The van der Waals surface area contributed by atoms with E-state index < -0.39 is 13.4 Å². The topological polar surface area (TPSA) is 102 Å². The van der Waals surface area contributed by atoms with Crippen molar-refractivity contribution in [1.82, 2.24) is 0 Å². The largest absolute Gasteiger partial charge is 0.494 e. The van der Waals surface area contributed by atoms with Gasteiger partial charge >= 0.3 is 7.82 Å². The standard InChI is InChI=1S/C20H32NO5P/c1-3-5-6-7-8-16-25-19-11-9-18(10-12-19)13-15-20(21,14-4-2)17-26-27(22,23)24/h2,9-12H,3,5-8,13-17,21H2,1H3,(H2,22,23,24)/t20-/m1/s1. The van der Waals surface area contributed by atoms with E-state index in [1.807, 2.05) is 24.3 Å². The Balaban J connectivity index is 2.44. The first-order valence-corrected chi connectivity index (χ1v) is 11.0. The number of hydrogen-bond donors (Lipinski definition) is 3. The van der Waals surface area contributed by atoms with Gasteiger partial charge in [0, 0.05) is 6.42 Å². The molecule has 1 rings (SSSR count). The molecule has 0 saturated heterocycles. The molecule has 0 unspecified atom stereocenters. The molecule has 27 heavy (non-hydrogen) atoms. The SMILES string of the molecule is C#CC[C@@](N)(CCc1ccc(OCCCCCCC)cc1)COP(=O)(O)O. The summed E-state index contributed by atoms with van der Waals surface area (Å²) in [6.45, 7) is 2.63. The highest BCUT2D eigenvalue weighted by Gasteiger charge is 2.28. The summed E-state index contributed by atoms with van der Waals surface area (Å²) in [5.74, 6) is 3.29. The summed E-state index contributed by atoms with van der Waals surface area (Å²) in [6, 6.07) is 7.78. The Morgan fingerprint density at radius 2 is 1.85 bits per heavy atom. The second-order valence-corrected chi connectivity index (χ2v) is 8.15.